The fourth-order valence-corrected chi connectivity index (χ4v) is 5.56. The Hall–Kier alpha value is -1.97. The Morgan fingerprint density at radius 1 is 1.03 bits per heavy atom. The van der Waals surface area contributed by atoms with Gasteiger partial charge in [0, 0.05) is 19.6 Å². The van der Waals surface area contributed by atoms with E-state index in [0.29, 0.717) is 57.7 Å². The van der Waals surface area contributed by atoms with Crippen LogP contribution in [-0.2, 0) is 19.2 Å². The molecule has 13 heteroatoms. The molecule has 11 nitrogen and oxygen atoms in total. The number of nitrogens with zero attached hydrogens (tertiary/aromatic N) is 1. The third-order valence-electron chi connectivity index (χ3n) is 7.23. The third-order valence-corrected chi connectivity index (χ3v) is 7.78. The Labute approximate surface area is 233 Å². The Morgan fingerprint density at radius 2 is 1.76 bits per heavy atom. The molecule has 1 aliphatic carbocycles. The van der Waals surface area contributed by atoms with Crippen LogP contribution in [0.2, 0.25) is 0 Å². The van der Waals surface area contributed by atoms with E-state index in [9.17, 15) is 19.2 Å². The number of likely N-dealkylation sites (tertiary alicyclic amines) is 1. The summed E-state index contributed by atoms with van der Waals surface area (Å²) in [6, 6.07) is -2.00. The van der Waals surface area contributed by atoms with E-state index in [0.717, 1.165) is 31.8 Å². The summed E-state index contributed by atoms with van der Waals surface area (Å²) in [5.74, 6) is -0.980. The van der Waals surface area contributed by atoms with Gasteiger partial charge in [-0.1, -0.05) is 32.1 Å². The first-order valence-electron chi connectivity index (χ1n) is 13.7. The Balaban J connectivity index is 2.05. The second-order valence-electron chi connectivity index (χ2n) is 10.1. The number of amides is 3. The van der Waals surface area contributed by atoms with Gasteiger partial charge < -0.3 is 26.6 Å². The number of nitrogens with two attached hydrogens (primary N) is 1. The van der Waals surface area contributed by atoms with Crippen LogP contribution in [0.25, 0.3) is 0 Å². The van der Waals surface area contributed by atoms with Gasteiger partial charge in [0.15, 0.2) is 11.7 Å². The highest BCUT2D eigenvalue weighted by Gasteiger charge is 2.39. The summed E-state index contributed by atoms with van der Waals surface area (Å²) in [5.41, 5.74) is 5.29. The molecule has 1 heterocycles. The normalized spacial score (nSPS) is 19.4. The number of guanidine groups is 1. The molecule has 4 atom stereocenters. The van der Waals surface area contributed by atoms with Gasteiger partial charge in [-0.05, 0) is 44.2 Å². The molecule has 0 aromatic carbocycles. The molecule has 1 unspecified atom stereocenters. The first-order valence-corrected chi connectivity index (χ1v) is 15.1. The zero-order valence-electron chi connectivity index (χ0n) is 22.2. The molecular weight excluding hydrogens is 529 g/mol. The third kappa shape index (κ3) is 11.0. The zero-order chi connectivity index (χ0) is 27.9. The van der Waals surface area contributed by atoms with E-state index >= 15 is 0 Å². The minimum atomic E-state index is -0.775. The second-order valence-corrected chi connectivity index (χ2v) is 11.0. The molecule has 0 spiro atoms. The maximum atomic E-state index is 13.7. The van der Waals surface area contributed by atoms with Gasteiger partial charge in [-0.2, -0.15) is 0 Å². The van der Waals surface area contributed by atoms with Crippen LogP contribution in [0.4, 0.5) is 0 Å². The molecule has 1 aliphatic heterocycles. The summed E-state index contributed by atoms with van der Waals surface area (Å²) in [5, 5.41) is 18.7. The number of hydrogen-bond donors (Lipinski definition) is 6. The smallest absolute Gasteiger partial charge is 0.243 e. The summed E-state index contributed by atoms with van der Waals surface area (Å²) < 4.78 is 0. The minimum Gasteiger partial charge on any atom is -0.370 e. The van der Waals surface area contributed by atoms with E-state index in [2.05, 4.69) is 30.5 Å². The van der Waals surface area contributed by atoms with Crippen LogP contribution in [0, 0.1) is 11.3 Å². The van der Waals surface area contributed by atoms with Crippen molar-refractivity contribution >= 4 is 50.3 Å². The minimum absolute atomic E-state index is 0.0408. The largest absolute Gasteiger partial charge is 0.370 e. The van der Waals surface area contributed by atoms with Gasteiger partial charge in [0.1, 0.15) is 6.04 Å². The molecule has 0 aromatic heterocycles. The van der Waals surface area contributed by atoms with Gasteiger partial charge in [0.25, 0.3) is 0 Å². The number of carbonyl (C=O) groups is 4. The van der Waals surface area contributed by atoms with E-state index in [-0.39, 0.29) is 41.9 Å². The monoisotopic (exact) mass is 573 g/mol. The Morgan fingerprint density at radius 3 is 2.42 bits per heavy atom. The summed E-state index contributed by atoms with van der Waals surface area (Å²) >= 11 is 5.78. The molecule has 7 N–H and O–H groups in total. The van der Waals surface area contributed by atoms with Crippen molar-refractivity contribution in [3.8, 4) is 0 Å². The standard InChI is InChI=1S/C25H45ClN7O4P/c26-15-21(34)18(8-4-10-30-25(27)28)32-23(36)20-9-5-12-33(20)24(37)19(14-17-6-2-1-3-7-17)31-16-22(35)29-11-13-38/h17-20,31H,1-16,38H2,(H,29,35)(H,32,36)(H4,27,28,30)/t18-,19+,20-/m0/s1. The van der Waals surface area contributed by atoms with Crippen molar-refractivity contribution in [1.82, 2.24) is 26.2 Å². The predicted molar refractivity (Wildman–Crippen MR) is 152 cm³/mol. The second kappa shape index (κ2) is 17.6. The molecule has 0 radical (unpaired) electrons. The number of Topliss-reactive ketones (excluding diaryl/α,β-unsaturated/α-hetero) is 1. The lowest BCUT2D eigenvalue weighted by Crippen LogP contribution is -2.56. The van der Waals surface area contributed by atoms with Crippen molar-refractivity contribution in [2.24, 2.45) is 11.7 Å². The van der Waals surface area contributed by atoms with E-state index in [4.69, 9.17) is 22.7 Å². The maximum Gasteiger partial charge on any atom is 0.243 e. The SMILES string of the molecule is N=C(N)NCCC[C@H](NC(=O)[C@@H]1CCCN1C(=O)[C@@H](CC1CCCCC1)NCC(=O)NCCP)C(=O)CCl. The van der Waals surface area contributed by atoms with Crippen LogP contribution >= 0.6 is 20.8 Å². The molecule has 2 rings (SSSR count). The molecule has 0 bridgehead atoms. The van der Waals surface area contributed by atoms with Crippen molar-refractivity contribution in [2.45, 2.75) is 82.3 Å². The Kier molecular flexibility index (Phi) is 14.9. The lowest BCUT2D eigenvalue weighted by Gasteiger charge is -2.32. The molecule has 0 aromatic rings. The number of carbonyl (C=O) groups excluding carboxylic acids is 4. The van der Waals surface area contributed by atoms with Crippen LogP contribution < -0.4 is 27.0 Å². The van der Waals surface area contributed by atoms with Crippen LogP contribution in [0.1, 0.15) is 64.2 Å². The highest BCUT2D eigenvalue weighted by atomic mass is 35.5. The van der Waals surface area contributed by atoms with Crippen LogP contribution in [0.5, 0.6) is 0 Å². The van der Waals surface area contributed by atoms with Gasteiger partial charge in [0.2, 0.25) is 17.7 Å². The molecule has 2 fully saturated rings. The first kappa shape index (κ1) is 32.2. The van der Waals surface area contributed by atoms with Gasteiger partial charge >= 0.3 is 0 Å². The van der Waals surface area contributed by atoms with Crippen molar-refractivity contribution in [2.75, 3.05) is 38.2 Å². The number of nitrogens with one attached hydrogen (secondary N) is 5. The Bertz CT molecular complexity index is 813. The van der Waals surface area contributed by atoms with Gasteiger partial charge in [0.05, 0.1) is 24.5 Å². The number of halogens is 1. The molecule has 3 amide bonds. The van der Waals surface area contributed by atoms with Crippen LogP contribution in [0.3, 0.4) is 0 Å². The van der Waals surface area contributed by atoms with Crippen molar-refractivity contribution < 1.29 is 19.2 Å². The fourth-order valence-electron chi connectivity index (χ4n) is 5.22. The topological polar surface area (TPSA) is 170 Å². The lowest BCUT2D eigenvalue weighted by atomic mass is 9.84. The summed E-state index contributed by atoms with van der Waals surface area (Å²) in [6.45, 7) is 1.44. The van der Waals surface area contributed by atoms with Crippen molar-refractivity contribution in [3.05, 3.63) is 0 Å². The molecule has 1 saturated carbocycles. The molecular formula is C25H45ClN7O4P. The zero-order valence-corrected chi connectivity index (χ0v) is 24.1. The summed E-state index contributed by atoms with van der Waals surface area (Å²) in [6.07, 6.45) is 9.06. The fraction of sp³-hybridized carbons (Fsp3) is 0.800. The van der Waals surface area contributed by atoms with E-state index in [1.165, 1.54) is 6.42 Å². The lowest BCUT2D eigenvalue weighted by molar-refractivity contribution is -0.141. The number of alkyl halides is 1. The van der Waals surface area contributed by atoms with Crippen molar-refractivity contribution in [1.29, 1.82) is 5.41 Å². The average molecular weight is 574 g/mol. The summed E-state index contributed by atoms with van der Waals surface area (Å²) in [7, 11) is 2.56. The van der Waals surface area contributed by atoms with Crippen LogP contribution in [-0.4, -0.2) is 90.7 Å². The number of hydrogen-bond acceptors (Lipinski definition) is 6. The van der Waals surface area contributed by atoms with Gasteiger partial charge in [-0.3, -0.25) is 29.9 Å². The number of rotatable bonds is 16. The quantitative estimate of drug-likeness (QED) is 0.0512. The average Bonchev–Trinajstić information content (AvgIpc) is 3.41. The van der Waals surface area contributed by atoms with E-state index < -0.39 is 18.1 Å². The molecule has 2 aliphatic rings. The van der Waals surface area contributed by atoms with E-state index in [1.807, 2.05) is 0 Å². The van der Waals surface area contributed by atoms with Gasteiger partial charge in [-0.25, -0.2) is 0 Å². The maximum absolute atomic E-state index is 13.7. The molecule has 216 valence electrons. The predicted octanol–water partition coefficient (Wildman–Crippen LogP) is 0.453. The van der Waals surface area contributed by atoms with Gasteiger partial charge in [-0.15, -0.1) is 20.8 Å². The first-order chi connectivity index (χ1) is 18.3. The highest BCUT2D eigenvalue weighted by molar-refractivity contribution is 7.16. The molecule has 1 saturated heterocycles. The highest BCUT2D eigenvalue weighted by Crippen LogP contribution is 2.29. The number of ketones is 1. The van der Waals surface area contributed by atoms with E-state index in [1.54, 1.807) is 4.90 Å². The molecule has 38 heavy (non-hydrogen) atoms. The van der Waals surface area contributed by atoms with Crippen molar-refractivity contribution in [3.63, 3.8) is 0 Å². The van der Waals surface area contributed by atoms with Crippen LogP contribution in [0.15, 0.2) is 0 Å². The summed E-state index contributed by atoms with van der Waals surface area (Å²) in [4.78, 5) is 53.2.